The molecular weight excluding hydrogens is 721 g/mol. The zero-order valence-corrected chi connectivity index (χ0v) is 29.7. The Kier molecular flexibility index (Phi) is 14.3. The number of aromatic nitrogens is 3. The van der Waals surface area contributed by atoms with E-state index in [4.69, 9.17) is 14.2 Å². The minimum atomic E-state index is -0.616. The average molecular weight is 751 g/mol. The van der Waals surface area contributed by atoms with Gasteiger partial charge in [-0.2, -0.15) is 15.0 Å². The normalized spacial score (nSPS) is 10.4. The molecule has 0 bridgehead atoms. The second kappa shape index (κ2) is 19.1. The molecule has 0 unspecified atom stereocenters. The highest BCUT2D eigenvalue weighted by atomic mass is 32.2. The van der Waals surface area contributed by atoms with Crippen molar-refractivity contribution in [3.05, 3.63) is 89.5 Å². The maximum atomic E-state index is 12.9. The van der Waals surface area contributed by atoms with Crippen molar-refractivity contribution in [2.75, 3.05) is 54.5 Å². The Balaban J connectivity index is 1.47. The molecule has 0 fully saturated rings. The first-order valence-electron chi connectivity index (χ1n) is 14.7. The van der Waals surface area contributed by atoms with E-state index < -0.39 is 35.6 Å². The number of amides is 3. The maximum absolute atomic E-state index is 12.9. The lowest BCUT2D eigenvalue weighted by atomic mass is 10.2. The molecule has 4 aromatic rings. The summed E-state index contributed by atoms with van der Waals surface area (Å²) in [5.41, 5.74) is 1.32. The summed E-state index contributed by atoms with van der Waals surface area (Å²) in [5, 5.41) is 8.39. The van der Waals surface area contributed by atoms with Gasteiger partial charge in [-0.3, -0.25) is 14.4 Å². The third kappa shape index (κ3) is 11.3. The van der Waals surface area contributed by atoms with Gasteiger partial charge in [0.25, 0.3) is 0 Å². The number of ether oxygens (including phenoxy) is 3. The zero-order valence-electron chi connectivity index (χ0n) is 27.3. The van der Waals surface area contributed by atoms with Gasteiger partial charge in [-0.05, 0) is 36.4 Å². The summed E-state index contributed by atoms with van der Waals surface area (Å²) >= 11 is 2.89. The summed E-state index contributed by atoms with van der Waals surface area (Å²) in [6.07, 6.45) is 0. The molecule has 0 aliphatic rings. The molecule has 1 aromatic heterocycles. The summed E-state index contributed by atoms with van der Waals surface area (Å²) < 4.78 is 14.3. The smallest absolute Gasteiger partial charge is 0.339 e. The van der Waals surface area contributed by atoms with Crippen LogP contribution in [0.1, 0.15) is 31.1 Å². The highest BCUT2D eigenvalue weighted by molar-refractivity contribution is 8.01. The van der Waals surface area contributed by atoms with Crippen molar-refractivity contribution in [3.8, 4) is 0 Å². The van der Waals surface area contributed by atoms with E-state index in [0.717, 1.165) is 35.3 Å². The average Bonchev–Trinajstić information content (AvgIpc) is 3.15. The van der Waals surface area contributed by atoms with Crippen LogP contribution in [-0.4, -0.2) is 89.2 Å². The van der Waals surface area contributed by atoms with E-state index in [2.05, 4.69) is 30.9 Å². The summed E-state index contributed by atoms with van der Waals surface area (Å²) in [6, 6.07) is 19.1. The predicted octanol–water partition coefficient (Wildman–Crippen LogP) is 4.42. The van der Waals surface area contributed by atoms with Gasteiger partial charge in [0.15, 0.2) is 15.5 Å². The lowest BCUT2D eigenvalue weighted by Gasteiger charge is -2.11. The van der Waals surface area contributed by atoms with E-state index >= 15 is 0 Å². The summed E-state index contributed by atoms with van der Waals surface area (Å²) in [4.78, 5) is 88.0. The molecule has 15 nitrogen and oxygen atoms in total. The molecule has 51 heavy (non-hydrogen) atoms. The van der Waals surface area contributed by atoms with Crippen LogP contribution in [0.5, 0.6) is 0 Å². The van der Waals surface area contributed by atoms with Crippen molar-refractivity contribution >= 4 is 88.0 Å². The largest absolute Gasteiger partial charge is 0.465 e. The number of carbonyl (C=O) groups is 6. The van der Waals surface area contributed by atoms with E-state index in [1.54, 1.807) is 54.6 Å². The standard InChI is InChI=1S/C33H30N6O9S3/c1-46-28(43)19-10-4-7-13-22(19)34-25(40)16-49-31-37-32(50-17-26(41)35-23-14-8-5-11-20(23)29(44)47-2)39-33(38-31)51-18-27(42)36-24-15-9-6-12-21(24)30(45)48-3/h4-15H,16-18H2,1-3H3,(H,34,40)(H,35,41)(H,36,42). The SMILES string of the molecule is COC(=O)c1ccccc1NC(=O)CSc1nc(SCC(=O)Nc2ccccc2C(=O)OC)nc(SCC(=O)Nc2ccccc2C(=O)OC)n1. The van der Waals surface area contributed by atoms with Crippen LogP contribution in [0.25, 0.3) is 0 Å². The predicted molar refractivity (Wildman–Crippen MR) is 191 cm³/mol. The molecule has 4 rings (SSSR count). The van der Waals surface area contributed by atoms with Crippen LogP contribution < -0.4 is 16.0 Å². The summed E-state index contributed by atoms with van der Waals surface area (Å²) in [5.74, 6) is -3.73. The van der Waals surface area contributed by atoms with Crippen LogP contribution in [0, 0.1) is 0 Å². The molecule has 0 spiro atoms. The number of anilines is 3. The first-order chi connectivity index (χ1) is 24.6. The molecule has 3 aromatic carbocycles. The number of esters is 3. The van der Waals surface area contributed by atoms with Crippen LogP contribution in [-0.2, 0) is 28.6 Å². The Morgan fingerprint density at radius 1 is 0.471 bits per heavy atom. The molecular formula is C33H30N6O9S3. The van der Waals surface area contributed by atoms with Crippen molar-refractivity contribution in [2.24, 2.45) is 0 Å². The van der Waals surface area contributed by atoms with Gasteiger partial charge in [-0.15, -0.1) is 0 Å². The zero-order chi connectivity index (χ0) is 36.8. The van der Waals surface area contributed by atoms with Crippen molar-refractivity contribution in [2.45, 2.75) is 15.5 Å². The topological polar surface area (TPSA) is 205 Å². The Bertz CT molecular complexity index is 1720. The van der Waals surface area contributed by atoms with Crippen molar-refractivity contribution in [3.63, 3.8) is 0 Å². The number of carbonyl (C=O) groups excluding carboxylic acids is 6. The molecule has 1 heterocycles. The molecule has 3 N–H and O–H groups in total. The minimum Gasteiger partial charge on any atom is -0.465 e. The second-order valence-corrected chi connectivity index (χ2v) is 12.6. The van der Waals surface area contributed by atoms with Crippen LogP contribution in [0.2, 0.25) is 0 Å². The first-order valence-corrected chi connectivity index (χ1v) is 17.6. The fourth-order valence-electron chi connectivity index (χ4n) is 4.10. The monoisotopic (exact) mass is 750 g/mol. The number of para-hydroxylation sites is 3. The molecule has 0 aliphatic heterocycles. The lowest BCUT2D eigenvalue weighted by Crippen LogP contribution is -2.18. The Labute approximate surface area is 304 Å². The molecule has 18 heteroatoms. The minimum absolute atomic E-state index is 0.124. The Morgan fingerprint density at radius 2 is 0.725 bits per heavy atom. The Hall–Kier alpha value is -5.46. The molecule has 0 aliphatic carbocycles. The van der Waals surface area contributed by atoms with Gasteiger partial charge in [0, 0.05) is 0 Å². The van der Waals surface area contributed by atoms with Gasteiger partial charge in [0.2, 0.25) is 17.7 Å². The molecule has 3 amide bonds. The number of benzene rings is 3. The Morgan fingerprint density at radius 3 is 0.980 bits per heavy atom. The highest BCUT2D eigenvalue weighted by Crippen LogP contribution is 2.25. The maximum Gasteiger partial charge on any atom is 0.339 e. The van der Waals surface area contributed by atoms with Crippen LogP contribution in [0.4, 0.5) is 17.1 Å². The van der Waals surface area contributed by atoms with Crippen molar-refractivity contribution < 1.29 is 43.0 Å². The van der Waals surface area contributed by atoms with Crippen LogP contribution in [0.3, 0.4) is 0 Å². The molecule has 0 saturated heterocycles. The third-order valence-corrected chi connectivity index (χ3v) is 8.93. The highest BCUT2D eigenvalue weighted by Gasteiger charge is 2.19. The number of hydrogen-bond donors (Lipinski definition) is 3. The summed E-state index contributed by atoms with van der Waals surface area (Å²) in [6.45, 7) is 0. The summed E-state index contributed by atoms with van der Waals surface area (Å²) in [7, 11) is 3.70. The van der Waals surface area contributed by atoms with Gasteiger partial charge in [-0.1, -0.05) is 71.7 Å². The lowest BCUT2D eigenvalue weighted by molar-refractivity contribution is -0.114. The van der Waals surface area contributed by atoms with Crippen molar-refractivity contribution in [1.82, 2.24) is 15.0 Å². The number of methoxy groups -OCH3 is 3. The number of thioether (sulfide) groups is 3. The van der Waals surface area contributed by atoms with Gasteiger partial charge in [0.1, 0.15) is 0 Å². The number of nitrogens with one attached hydrogen (secondary N) is 3. The number of hydrogen-bond acceptors (Lipinski definition) is 15. The molecule has 0 radical (unpaired) electrons. The van der Waals surface area contributed by atoms with Gasteiger partial charge >= 0.3 is 17.9 Å². The van der Waals surface area contributed by atoms with Gasteiger partial charge < -0.3 is 30.2 Å². The van der Waals surface area contributed by atoms with Crippen molar-refractivity contribution in [1.29, 1.82) is 0 Å². The first kappa shape index (κ1) is 38.3. The quantitative estimate of drug-likeness (QED) is 0.0874. The van der Waals surface area contributed by atoms with Crippen LogP contribution >= 0.6 is 35.3 Å². The van der Waals surface area contributed by atoms with E-state index in [9.17, 15) is 28.8 Å². The molecule has 0 atom stereocenters. The van der Waals surface area contributed by atoms with Gasteiger partial charge in [0.05, 0.1) is 72.3 Å². The fraction of sp³-hybridized carbons (Fsp3) is 0.182. The van der Waals surface area contributed by atoms with E-state index in [0.29, 0.717) is 0 Å². The second-order valence-electron chi connectivity index (χ2n) is 9.81. The van der Waals surface area contributed by atoms with E-state index in [1.165, 1.54) is 39.5 Å². The molecule has 0 saturated carbocycles. The third-order valence-electron chi connectivity index (χ3n) is 6.39. The fourth-order valence-corrected chi connectivity index (χ4v) is 6.18. The molecule has 264 valence electrons. The number of rotatable bonds is 15. The number of nitrogens with zero attached hydrogens (tertiary/aromatic N) is 3. The van der Waals surface area contributed by atoms with Crippen LogP contribution in [0.15, 0.2) is 88.3 Å². The van der Waals surface area contributed by atoms with E-state index in [1.807, 2.05) is 0 Å². The van der Waals surface area contributed by atoms with Gasteiger partial charge in [-0.25, -0.2) is 14.4 Å². The van der Waals surface area contributed by atoms with E-state index in [-0.39, 0.29) is 66.5 Å².